The number of pyridine rings is 1. The summed E-state index contributed by atoms with van der Waals surface area (Å²) >= 11 is 5.98. The van der Waals surface area contributed by atoms with Gasteiger partial charge in [-0.15, -0.1) is 0 Å². The fraction of sp³-hybridized carbons (Fsp3) is 0.304. The topological polar surface area (TPSA) is 107 Å². The number of nitriles is 1. The van der Waals surface area contributed by atoms with Crippen LogP contribution in [0.5, 0.6) is 5.75 Å². The van der Waals surface area contributed by atoms with Crippen molar-refractivity contribution < 1.29 is 23.1 Å². The zero-order valence-corrected chi connectivity index (χ0v) is 18.6. The van der Waals surface area contributed by atoms with E-state index in [1.54, 1.807) is 36.4 Å². The van der Waals surface area contributed by atoms with Gasteiger partial charge in [0, 0.05) is 35.0 Å². The van der Waals surface area contributed by atoms with Crippen LogP contribution in [0.4, 0.5) is 14.5 Å². The normalized spacial score (nSPS) is 20.7. The summed E-state index contributed by atoms with van der Waals surface area (Å²) in [7, 11) is 0. The highest BCUT2D eigenvalue weighted by Crippen LogP contribution is 2.32. The fourth-order valence-corrected chi connectivity index (χ4v) is 3.94. The Balaban J connectivity index is 1.39. The summed E-state index contributed by atoms with van der Waals surface area (Å²) in [6.45, 7) is -0.859. The number of likely N-dealkylation sites (tertiary alicyclic amines) is 1. The molecule has 1 aromatic carbocycles. The van der Waals surface area contributed by atoms with Crippen molar-refractivity contribution in [3.63, 3.8) is 0 Å². The molecule has 34 heavy (non-hydrogen) atoms. The van der Waals surface area contributed by atoms with Gasteiger partial charge in [-0.1, -0.05) is 17.7 Å². The molecule has 1 aromatic heterocycles. The van der Waals surface area contributed by atoms with Crippen LogP contribution in [0.3, 0.4) is 0 Å². The molecule has 1 fully saturated rings. The number of nitrogens with one attached hydrogen (secondary N) is 2. The summed E-state index contributed by atoms with van der Waals surface area (Å²) in [6.07, 6.45) is 5.35. The van der Waals surface area contributed by atoms with Crippen LogP contribution in [0.25, 0.3) is 6.08 Å². The second kappa shape index (κ2) is 9.65. The monoisotopic (exact) mass is 487 g/mol. The third kappa shape index (κ3) is 5.26. The third-order valence-corrected chi connectivity index (χ3v) is 5.68. The molecule has 0 radical (unpaired) electrons. The highest BCUT2D eigenvalue weighted by molar-refractivity contribution is 6.30. The van der Waals surface area contributed by atoms with Crippen molar-refractivity contribution in [2.75, 3.05) is 25.0 Å². The number of carbonyl (C=O) groups is 2. The molecule has 2 aromatic rings. The molecular formula is C23H20ClF2N5O3. The van der Waals surface area contributed by atoms with Crippen LogP contribution in [-0.4, -0.2) is 59.4 Å². The first-order valence-corrected chi connectivity index (χ1v) is 10.8. The number of aromatic nitrogens is 1. The number of nitrogens with zero attached hydrogens (tertiary/aromatic N) is 3. The molecule has 0 saturated carbocycles. The van der Waals surface area contributed by atoms with Crippen LogP contribution in [0, 0.1) is 11.3 Å². The SMILES string of the molecule is N#CC1CC(F)(F)CN1C(=O)CNC(=O)c1ccncc1C=CC1CNc2cc(Cl)ccc2O1. The molecule has 0 spiro atoms. The van der Waals surface area contributed by atoms with Gasteiger partial charge in [0.1, 0.15) is 17.9 Å². The first-order valence-electron chi connectivity index (χ1n) is 10.4. The Hall–Kier alpha value is -3.71. The third-order valence-electron chi connectivity index (χ3n) is 5.44. The highest BCUT2D eigenvalue weighted by atomic mass is 35.5. The number of fused-ring (bicyclic) bond motifs is 1. The predicted molar refractivity (Wildman–Crippen MR) is 121 cm³/mol. The molecule has 0 bridgehead atoms. The zero-order chi connectivity index (χ0) is 24.3. The van der Waals surface area contributed by atoms with Gasteiger partial charge in [-0.2, -0.15) is 5.26 Å². The number of ether oxygens (including phenoxy) is 1. The molecule has 176 valence electrons. The van der Waals surface area contributed by atoms with E-state index in [9.17, 15) is 18.4 Å². The molecular weight excluding hydrogens is 468 g/mol. The van der Waals surface area contributed by atoms with Crippen LogP contribution in [0.2, 0.25) is 5.02 Å². The standard InChI is InChI=1S/C23H20ClF2N5O3/c24-15-2-4-20-19(7-15)29-11-17(34-20)3-1-14-10-28-6-5-18(14)22(33)30-12-21(32)31-13-23(25,26)8-16(31)9-27/h1-7,10,16-17,29H,8,11-13H2,(H,30,33). The van der Waals surface area contributed by atoms with Gasteiger partial charge in [0.25, 0.3) is 11.8 Å². The molecule has 2 N–H and O–H groups in total. The van der Waals surface area contributed by atoms with Gasteiger partial charge in [0.2, 0.25) is 5.91 Å². The minimum absolute atomic E-state index is 0.249. The van der Waals surface area contributed by atoms with Crippen molar-refractivity contribution in [3.05, 3.63) is 58.9 Å². The first kappa shape index (κ1) is 23.4. The number of anilines is 1. The van der Waals surface area contributed by atoms with Gasteiger partial charge in [0.15, 0.2) is 0 Å². The molecule has 4 rings (SSSR count). The zero-order valence-electron chi connectivity index (χ0n) is 17.8. The fourth-order valence-electron chi connectivity index (χ4n) is 3.77. The molecule has 1 saturated heterocycles. The van der Waals surface area contributed by atoms with E-state index in [0.717, 1.165) is 10.6 Å². The molecule has 8 nitrogen and oxygen atoms in total. The average Bonchev–Trinajstić information content (AvgIpc) is 3.15. The van der Waals surface area contributed by atoms with Crippen molar-refractivity contribution in [2.45, 2.75) is 24.5 Å². The molecule has 2 unspecified atom stereocenters. The van der Waals surface area contributed by atoms with Crippen LogP contribution >= 0.6 is 11.6 Å². The summed E-state index contributed by atoms with van der Waals surface area (Å²) in [5.74, 6) is -3.79. The van der Waals surface area contributed by atoms with E-state index in [-0.39, 0.29) is 11.7 Å². The predicted octanol–water partition coefficient (Wildman–Crippen LogP) is 3.11. The van der Waals surface area contributed by atoms with E-state index in [4.69, 9.17) is 21.6 Å². The van der Waals surface area contributed by atoms with Gasteiger partial charge in [-0.25, -0.2) is 8.78 Å². The van der Waals surface area contributed by atoms with Crippen molar-refractivity contribution in [3.8, 4) is 11.8 Å². The highest BCUT2D eigenvalue weighted by Gasteiger charge is 2.47. The molecule has 2 atom stereocenters. The van der Waals surface area contributed by atoms with Gasteiger partial charge < -0.3 is 20.3 Å². The lowest BCUT2D eigenvalue weighted by molar-refractivity contribution is -0.131. The lowest BCUT2D eigenvalue weighted by Crippen LogP contribution is -2.43. The van der Waals surface area contributed by atoms with Crippen molar-refractivity contribution in [1.82, 2.24) is 15.2 Å². The Bertz CT molecular complexity index is 1180. The van der Waals surface area contributed by atoms with E-state index < -0.39 is 43.3 Å². The van der Waals surface area contributed by atoms with Gasteiger partial charge in [-0.3, -0.25) is 14.6 Å². The Kier molecular flexibility index (Phi) is 6.65. The van der Waals surface area contributed by atoms with E-state index >= 15 is 0 Å². The molecule has 2 amide bonds. The lowest BCUT2D eigenvalue weighted by atomic mass is 10.1. The lowest BCUT2D eigenvalue weighted by Gasteiger charge is -2.25. The number of alkyl halides is 2. The maximum Gasteiger partial charge on any atom is 0.268 e. The second-order valence-electron chi connectivity index (χ2n) is 7.91. The van der Waals surface area contributed by atoms with Crippen LogP contribution in [0.1, 0.15) is 22.3 Å². The Morgan fingerprint density at radius 2 is 2.24 bits per heavy atom. The van der Waals surface area contributed by atoms with Gasteiger partial charge in [-0.05, 0) is 30.3 Å². The molecule has 2 aliphatic rings. The summed E-state index contributed by atoms with van der Waals surface area (Å²) in [6, 6.07) is 7.23. The Labute approximate surface area is 199 Å². The molecule has 11 heteroatoms. The van der Waals surface area contributed by atoms with E-state index in [0.29, 0.717) is 22.9 Å². The molecule has 0 aliphatic carbocycles. The molecule has 2 aliphatic heterocycles. The van der Waals surface area contributed by atoms with Gasteiger partial charge >= 0.3 is 0 Å². The Morgan fingerprint density at radius 3 is 3.03 bits per heavy atom. The summed E-state index contributed by atoms with van der Waals surface area (Å²) in [4.78, 5) is 29.9. The number of carbonyl (C=O) groups excluding carboxylic acids is 2. The Morgan fingerprint density at radius 1 is 1.41 bits per heavy atom. The molecule has 3 heterocycles. The average molecular weight is 488 g/mol. The minimum atomic E-state index is -3.12. The summed E-state index contributed by atoms with van der Waals surface area (Å²) < 4.78 is 33.1. The van der Waals surface area contributed by atoms with Crippen LogP contribution in [-0.2, 0) is 4.79 Å². The first-order chi connectivity index (χ1) is 16.3. The number of hydrogen-bond donors (Lipinski definition) is 2. The van der Waals surface area contributed by atoms with E-state index in [2.05, 4.69) is 15.6 Å². The number of rotatable bonds is 5. The van der Waals surface area contributed by atoms with Crippen LogP contribution in [0.15, 0.2) is 42.7 Å². The maximum absolute atomic E-state index is 13.6. The van der Waals surface area contributed by atoms with Crippen molar-refractivity contribution in [2.24, 2.45) is 0 Å². The summed E-state index contributed by atoms with van der Waals surface area (Å²) in [5.41, 5.74) is 1.52. The quantitative estimate of drug-likeness (QED) is 0.671. The largest absolute Gasteiger partial charge is 0.482 e. The minimum Gasteiger partial charge on any atom is -0.482 e. The number of amides is 2. The number of hydrogen-bond acceptors (Lipinski definition) is 6. The van der Waals surface area contributed by atoms with E-state index in [1.165, 1.54) is 18.5 Å². The van der Waals surface area contributed by atoms with Crippen LogP contribution < -0.4 is 15.4 Å². The maximum atomic E-state index is 13.6. The number of benzene rings is 1. The smallest absolute Gasteiger partial charge is 0.268 e. The van der Waals surface area contributed by atoms with E-state index in [1.807, 2.05) is 0 Å². The number of halogens is 3. The van der Waals surface area contributed by atoms with Crippen molar-refractivity contribution >= 4 is 35.2 Å². The van der Waals surface area contributed by atoms with Gasteiger partial charge in [0.05, 0.1) is 31.4 Å². The van der Waals surface area contributed by atoms with Crippen molar-refractivity contribution in [1.29, 1.82) is 5.26 Å². The second-order valence-corrected chi connectivity index (χ2v) is 8.35. The summed E-state index contributed by atoms with van der Waals surface area (Å²) in [5, 5.41) is 15.3.